The van der Waals surface area contributed by atoms with Gasteiger partial charge in [-0.1, -0.05) is 65.1 Å². The molecule has 0 aliphatic carbocycles. The van der Waals surface area contributed by atoms with Gasteiger partial charge in [0.2, 0.25) is 0 Å². The number of halogens is 3. The number of phenols is 1. The molecule has 116 valence electrons. The SMILES string of the molecule is Oc1ccccc1N(c1ccccc1)c1c(Cl)cc(Cl)cc1Cl. The van der Waals surface area contributed by atoms with Gasteiger partial charge >= 0.3 is 0 Å². The highest BCUT2D eigenvalue weighted by Crippen LogP contribution is 2.46. The number of hydrogen-bond donors (Lipinski definition) is 1. The Labute approximate surface area is 149 Å². The molecule has 0 aromatic heterocycles. The zero-order chi connectivity index (χ0) is 16.4. The van der Waals surface area contributed by atoms with Crippen LogP contribution in [0, 0.1) is 0 Å². The van der Waals surface area contributed by atoms with Gasteiger partial charge in [-0.2, -0.15) is 0 Å². The van der Waals surface area contributed by atoms with Crippen molar-refractivity contribution in [2.24, 2.45) is 0 Å². The molecule has 23 heavy (non-hydrogen) atoms. The number of rotatable bonds is 3. The van der Waals surface area contributed by atoms with Crippen LogP contribution in [0.3, 0.4) is 0 Å². The summed E-state index contributed by atoms with van der Waals surface area (Å²) in [5.74, 6) is 0.124. The number of anilines is 3. The van der Waals surface area contributed by atoms with E-state index in [0.717, 1.165) is 5.69 Å². The average Bonchev–Trinajstić information content (AvgIpc) is 2.52. The van der Waals surface area contributed by atoms with E-state index in [1.807, 2.05) is 36.4 Å². The summed E-state index contributed by atoms with van der Waals surface area (Å²) >= 11 is 18.8. The van der Waals surface area contributed by atoms with Crippen LogP contribution < -0.4 is 4.90 Å². The van der Waals surface area contributed by atoms with E-state index in [-0.39, 0.29) is 5.75 Å². The van der Waals surface area contributed by atoms with Crippen molar-refractivity contribution in [3.63, 3.8) is 0 Å². The van der Waals surface area contributed by atoms with Gasteiger partial charge in [-0.3, -0.25) is 0 Å². The number of hydrogen-bond acceptors (Lipinski definition) is 2. The Hall–Kier alpha value is -1.87. The molecule has 3 aromatic carbocycles. The monoisotopic (exact) mass is 363 g/mol. The average molecular weight is 365 g/mol. The van der Waals surface area contributed by atoms with Gasteiger partial charge in [0.05, 0.1) is 21.4 Å². The number of benzene rings is 3. The van der Waals surface area contributed by atoms with Crippen LogP contribution in [-0.4, -0.2) is 5.11 Å². The molecule has 0 unspecified atom stereocenters. The lowest BCUT2D eigenvalue weighted by molar-refractivity contribution is 0.476. The number of phenolic OH excluding ortho intramolecular Hbond substituents is 1. The molecule has 3 aromatic rings. The minimum absolute atomic E-state index is 0.124. The van der Waals surface area contributed by atoms with E-state index in [0.29, 0.717) is 26.4 Å². The van der Waals surface area contributed by atoms with Crippen LogP contribution in [0.25, 0.3) is 0 Å². The summed E-state index contributed by atoms with van der Waals surface area (Å²) in [5, 5.41) is 11.5. The summed E-state index contributed by atoms with van der Waals surface area (Å²) in [6.07, 6.45) is 0. The maximum Gasteiger partial charge on any atom is 0.139 e. The van der Waals surface area contributed by atoms with Crippen molar-refractivity contribution in [1.29, 1.82) is 0 Å². The fraction of sp³-hybridized carbons (Fsp3) is 0. The molecular weight excluding hydrogens is 353 g/mol. The molecule has 0 amide bonds. The third-order valence-corrected chi connectivity index (χ3v) is 4.14. The van der Waals surface area contributed by atoms with Gasteiger partial charge in [0, 0.05) is 10.7 Å². The lowest BCUT2D eigenvalue weighted by Crippen LogP contribution is -2.11. The molecule has 0 saturated carbocycles. The molecule has 5 heteroatoms. The van der Waals surface area contributed by atoms with E-state index in [9.17, 15) is 5.11 Å². The second kappa shape index (κ2) is 6.71. The van der Waals surface area contributed by atoms with Crippen LogP contribution in [0.4, 0.5) is 17.1 Å². The van der Waals surface area contributed by atoms with Crippen LogP contribution in [-0.2, 0) is 0 Å². The highest BCUT2D eigenvalue weighted by Gasteiger charge is 2.21. The van der Waals surface area contributed by atoms with Crippen LogP contribution in [0.1, 0.15) is 0 Å². The predicted octanol–water partition coefficient (Wildman–Crippen LogP) is 6.82. The third-order valence-electron chi connectivity index (χ3n) is 3.34. The zero-order valence-corrected chi connectivity index (χ0v) is 14.1. The number of aromatic hydroxyl groups is 1. The Morgan fingerprint density at radius 1 is 0.739 bits per heavy atom. The molecule has 0 radical (unpaired) electrons. The summed E-state index contributed by atoms with van der Waals surface area (Å²) in [7, 11) is 0. The molecule has 0 bridgehead atoms. The molecule has 1 N–H and O–H groups in total. The van der Waals surface area contributed by atoms with Gasteiger partial charge in [0.25, 0.3) is 0 Å². The fourth-order valence-electron chi connectivity index (χ4n) is 2.37. The quantitative estimate of drug-likeness (QED) is 0.551. The number of para-hydroxylation sites is 3. The normalized spacial score (nSPS) is 10.6. The molecular formula is C18H12Cl3NO. The maximum absolute atomic E-state index is 10.3. The summed E-state index contributed by atoms with van der Waals surface area (Å²) in [5.41, 5.74) is 1.95. The molecule has 0 spiro atoms. The Balaban J connectivity index is 2.28. The second-order valence-electron chi connectivity index (χ2n) is 4.88. The van der Waals surface area contributed by atoms with E-state index in [4.69, 9.17) is 34.8 Å². The molecule has 0 aliphatic heterocycles. The van der Waals surface area contributed by atoms with E-state index in [1.54, 1.807) is 35.2 Å². The second-order valence-corrected chi connectivity index (χ2v) is 6.13. The van der Waals surface area contributed by atoms with Crippen LogP contribution >= 0.6 is 34.8 Å². The largest absolute Gasteiger partial charge is 0.506 e. The van der Waals surface area contributed by atoms with Crippen molar-refractivity contribution in [3.05, 3.63) is 81.8 Å². The van der Waals surface area contributed by atoms with Gasteiger partial charge in [-0.05, 0) is 36.4 Å². The first kappa shape index (κ1) is 16.0. The molecule has 2 nitrogen and oxygen atoms in total. The van der Waals surface area contributed by atoms with Gasteiger partial charge in [-0.15, -0.1) is 0 Å². The molecule has 0 heterocycles. The maximum atomic E-state index is 10.3. The minimum atomic E-state index is 0.124. The van der Waals surface area contributed by atoms with Crippen LogP contribution in [0.2, 0.25) is 15.1 Å². The van der Waals surface area contributed by atoms with Crippen molar-refractivity contribution in [2.45, 2.75) is 0 Å². The molecule has 0 aliphatic rings. The third kappa shape index (κ3) is 3.25. The van der Waals surface area contributed by atoms with Crippen molar-refractivity contribution in [2.75, 3.05) is 4.90 Å². The molecule has 0 fully saturated rings. The fourth-order valence-corrected chi connectivity index (χ4v) is 3.35. The van der Waals surface area contributed by atoms with Crippen molar-refractivity contribution >= 4 is 51.9 Å². The Kier molecular flexibility index (Phi) is 4.67. The lowest BCUT2D eigenvalue weighted by Gasteiger charge is -2.27. The van der Waals surface area contributed by atoms with Gasteiger partial charge < -0.3 is 10.0 Å². The topological polar surface area (TPSA) is 23.5 Å². The van der Waals surface area contributed by atoms with Crippen molar-refractivity contribution < 1.29 is 5.11 Å². The standard InChI is InChI=1S/C18H12Cl3NO/c19-12-10-14(20)18(15(21)11-12)22(13-6-2-1-3-7-13)16-8-4-5-9-17(16)23/h1-11,23H. The Morgan fingerprint density at radius 2 is 1.30 bits per heavy atom. The minimum Gasteiger partial charge on any atom is -0.506 e. The van der Waals surface area contributed by atoms with E-state index in [2.05, 4.69) is 0 Å². The zero-order valence-electron chi connectivity index (χ0n) is 11.9. The molecule has 3 rings (SSSR count). The van der Waals surface area contributed by atoms with Gasteiger partial charge in [0.1, 0.15) is 5.75 Å². The lowest BCUT2D eigenvalue weighted by atomic mass is 10.2. The molecule has 0 saturated heterocycles. The van der Waals surface area contributed by atoms with Gasteiger partial charge in [-0.25, -0.2) is 0 Å². The number of nitrogens with zero attached hydrogens (tertiary/aromatic N) is 1. The predicted molar refractivity (Wildman–Crippen MR) is 97.8 cm³/mol. The van der Waals surface area contributed by atoms with Crippen LogP contribution in [0.15, 0.2) is 66.7 Å². The summed E-state index contributed by atoms with van der Waals surface area (Å²) in [4.78, 5) is 1.80. The smallest absolute Gasteiger partial charge is 0.139 e. The molecule has 0 atom stereocenters. The van der Waals surface area contributed by atoms with E-state index >= 15 is 0 Å². The van der Waals surface area contributed by atoms with E-state index in [1.165, 1.54) is 0 Å². The van der Waals surface area contributed by atoms with Crippen LogP contribution in [0.5, 0.6) is 5.75 Å². The Morgan fingerprint density at radius 3 is 1.91 bits per heavy atom. The van der Waals surface area contributed by atoms with Crippen molar-refractivity contribution in [1.82, 2.24) is 0 Å². The van der Waals surface area contributed by atoms with Crippen molar-refractivity contribution in [3.8, 4) is 5.75 Å². The Bertz CT molecular complexity index is 814. The summed E-state index contributed by atoms with van der Waals surface area (Å²) in [6.45, 7) is 0. The highest BCUT2D eigenvalue weighted by molar-refractivity contribution is 6.42. The van der Waals surface area contributed by atoms with E-state index < -0.39 is 0 Å². The first-order chi connectivity index (χ1) is 11.1. The first-order valence-electron chi connectivity index (χ1n) is 6.85. The summed E-state index contributed by atoms with van der Waals surface area (Å²) < 4.78 is 0. The van der Waals surface area contributed by atoms with Gasteiger partial charge in [0.15, 0.2) is 0 Å². The highest BCUT2D eigenvalue weighted by atomic mass is 35.5. The summed E-state index contributed by atoms with van der Waals surface area (Å²) in [6, 6.07) is 19.8. The first-order valence-corrected chi connectivity index (χ1v) is 7.99.